The Morgan fingerprint density at radius 3 is 1.30 bits per heavy atom. The fraction of sp³-hybridized carbons (Fsp3) is 0.618. The van der Waals surface area contributed by atoms with E-state index in [0.29, 0.717) is 112 Å². The predicted molar refractivity (Wildman–Crippen MR) is 183 cm³/mol. The smallest absolute Gasteiger partial charge is 0.409 e. The molecular weight excluding hydrogens is 709 g/mol. The minimum Gasteiger partial charge on any atom is -0.448 e. The first-order valence-electron chi connectivity index (χ1n) is 16.0. The van der Waals surface area contributed by atoms with E-state index in [1.165, 1.54) is 27.2 Å². The van der Waals surface area contributed by atoms with Gasteiger partial charge in [0.1, 0.15) is 6.61 Å². The summed E-state index contributed by atoms with van der Waals surface area (Å²) in [5.41, 5.74) is 4.81. The summed E-state index contributed by atoms with van der Waals surface area (Å²) >= 11 is 2.28. The molecule has 0 aliphatic heterocycles. The molecule has 1 aliphatic rings. The first-order valence-corrected chi connectivity index (χ1v) is 17.5. The van der Waals surface area contributed by atoms with Crippen LogP contribution in [0.25, 0.3) is 11.1 Å². The Labute approximate surface area is 287 Å². The fourth-order valence-corrected chi connectivity index (χ4v) is 5.00. The Kier molecular flexibility index (Phi) is 21.1. The molecule has 258 valence electrons. The molecule has 0 heterocycles. The Balaban J connectivity index is 1.04. The van der Waals surface area contributed by atoms with Crippen LogP contribution in [0.5, 0.6) is 0 Å². The summed E-state index contributed by atoms with van der Waals surface area (Å²) in [7, 11) is 1.72. The lowest BCUT2D eigenvalue weighted by atomic mass is 9.98. The molecule has 0 saturated carbocycles. The number of fused-ring (bicyclic) bond motifs is 3. The normalized spacial score (nSPS) is 12.3. The fourth-order valence-electron chi connectivity index (χ4n) is 4.69. The number of likely N-dealkylation sites (N-methyl/N-ethyl adjacent to an activating group) is 1. The predicted octanol–water partition coefficient (Wildman–Crippen LogP) is 4.44. The number of hydrogen-bond donors (Lipinski definition) is 0. The molecule has 2 aromatic carbocycles. The van der Waals surface area contributed by atoms with Gasteiger partial charge in [-0.2, -0.15) is 0 Å². The molecule has 0 radical (unpaired) electrons. The molecule has 1 amide bonds. The van der Waals surface area contributed by atoms with E-state index >= 15 is 0 Å². The second kappa shape index (κ2) is 25.2. The van der Waals surface area contributed by atoms with E-state index in [9.17, 15) is 4.79 Å². The van der Waals surface area contributed by atoms with Gasteiger partial charge in [0.25, 0.3) is 0 Å². The van der Waals surface area contributed by atoms with Gasteiger partial charge in [0, 0.05) is 23.9 Å². The van der Waals surface area contributed by atoms with Crippen LogP contribution in [0.15, 0.2) is 48.5 Å². The standard InChI is InChI=1S/C34H50INO10/c1-36(34(37)46-28-33-31-8-4-2-6-29(31)30-7-3-5-9-32(30)33)11-13-39-15-17-41-19-21-43-23-25-45-27-26-44-24-22-42-20-18-40-16-14-38-12-10-35/h2-9,33H,10-28H2,1H3. The van der Waals surface area contributed by atoms with Crippen molar-refractivity contribution in [1.82, 2.24) is 4.90 Å². The first kappa shape index (κ1) is 38.6. The van der Waals surface area contributed by atoms with E-state index in [4.69, 9.17) is 42.6 Å². The molecule has 0 N–H and O–H groups in total. The lowest BCUT2D eigenvalue weighted by Crippen LogP contribution is -2.32. The highest BCUT2D eigenvalue weighted by Gasteiger charge is 2.29. The van der Waals surface area contributed by atoms with E-state index in [1.807, 2.05) is 24.3 Å². The van der Waals surface area contributed by atoms with Gasteiger partial charge >= 0.3 is 6.09 Å². The van der Waals surface area contributed by atoms with Crippen molar-refractivity contribution in [2.24, 2.45) is 0 Å². The molecular formula is C34H50INO10. The highest BCUT2D eigenvalue weighted by molar-refractivity contribution is 14.1. The molecule has 0 atom stereocenters. The molecule has 0 aromatic heterocycles. The zero-order chi connectivity index (χ0) is 32.5. The van der Waals surface area contributed by atoms with E-state index in [2.05, 4.69) is 46.9 Å². The van der Waals surface area contributed by atoms with Gasteiger partial charge in [0.2, 0.25) is 0 Å². The quantitative estimate of drug-likeness (QED) is 0.0704. The van der Waals surface area contributed by atoms with E-state index in [0.717, 1.165) is 11.0 Å². The molecule has 0 saturated heterocycles. The van der Waals surface area contributed by atoms with Gasteiger partial charge in [-0.25, -0.2) is 4.79 Å². The summed E-state index contributed by atoms with van der Waals surface area (Å²) in [6.07, 6.45) is -0.359. The van der Waals surface area contributed by atoms with Gasteiger partial charge in [-0.05, 0) is 22.3 Å². The van der Waals surface area contributed by atoms with Crippen LogP contribution in [0.2, 0.25) is 0 Å². The highest BCUT2D eigenvalue weighted by Crippen LogP contribution is 2.44. The lowest BCUT2D eigenvalue weighted by molar-refractivity contribution is -0.0230. The van der Waals surface area contributed by atoms with Crippen LogP contribution in [-0.2, 0) is 42.6 Å². The van der Waals surface area contributed by atoms with Crippen molar-refractivity contribution >= 4 is 28.7 Å². The topological polar surface area (TPSA) is 103 Å². The lowest BCUT2D eigenvalue weighted by Gasteiger charge is -2.19. The van der Waals surface area contributed by atoms with Crippen molar-refractivity contribution in [1.29, 1.82) is 0 Å². The summed E-state index contributed by atoms with van der Waals surface area (Å²) in [6.45, 7) is 9.13. The molecule has 46 heavy (non-hydrogen) atoms. The van der Waals surface area contributed by atoms with Gasteiger partial charge in [-0.1, -0.05) is 71.1 Å². The molecule has 0 bridgehead atoms. The van der Waals surface area contributed by atoms with Crippen molar-refractivity contribution in [2.45, 2.75) is 5.92 Å². The van der Waals surface area contributed by atoms with Crippen LogP contribution in [0.4, 0.5) is 4.79 Å². The number of hydrogen-bond acceptors (Lipinski definition) is 10. The van der Waals surface area contributed by atoms with Crippen molar-refractivity contribution in [3.63, 3.8) is 0 Å². The molecule has 2 aromatic rings. The maximum absolute atomic E-state index is 12.6. The minimum absolute atomic E-state index is 0.0446. The van der Waals surface area contributed by atoms with Gasteiger partial charge in [-0.15, -0.1) is 0 Å². The van der Waals surface area contributed by atoms with Crippen LogP contribution in [-0.4, -0.2) is 141 Å². The second-order valence-electron chi connectivity index (χ2n) is 10.3. The average molecular weight is 760 g/mol. The number of carbonyl (C=O) groups is 1. The minimum atomic E-state index is -0.359. The van der Waals surface area contributed by atoms with Gasteiger partial charge in [0.05, 0.1) is 106 Å². The van der Waals surface area contributed by atoms with E-state index in [1.54, 1.807) is 7.05 Å². The maximum Gasteiger partial charge on any atom is 0.409 e. The molecule has 11 nitrogen and oxygen atoms in total. The summed E-state index contributed by atoms with van der Waals surface area (Å²) in [5.74, 6) is 0.0446. The number of benzene rings is 2. The summed E-state index contributed by atoms with van der Waals surface area (Å²) in [4.78, 5) is 14.1. The van der Waals surface area contributed by atoms with Crippen LogP contribution in [0.1, 0.15) is 17.0 Å². The third-order valence-corrected chi connectivity index (χ3v) is 7.48. The van der Waals surface area contributed by atoms with Crippen molar-refractivity contribution < 1.29 is 47.4 Å². The number of nitrogens with zero attached hydrogens (tertiary/aromatic N) is 1. The molecule has 0 fully saturated rings. The van der Waals surface area contributed by atoms with E-state index < -0.39 is 0 Å². The molecule has 3 rings (SSSR count). The summed E-state index contributed by atoms with van der Waals surface area (Å²) < 4.78 is 50.5. The Hall–Kier alpha value is -1.88. The maximum atomic E-state index is 12.6. The van der Waals surface area contributed by atoms with Gasteiger partial charge in [0.15, 0.2) is 0 Å². The number of amides is 1. The highest BCUT2D eigenvalue weighted by atomic mass is 127. The first-order chi connectivity index (χ1) is 22.7. The van der Waals surface area contributed by atoms with Crippen molar-refractivity contribution in [3.8, 4) is 11.1 Å². The van der Waals surface area contributed by atoms with E-state index in [-0.39, 0.29) is 12.0 Å². The van der Waals surface area contributed by atoms with Gasteiger partial charge < -0.3 is 47.5 Å². The van der Waals surface area contributed by atoms with Crippen molar-refractivity contribution in [3.05, 3.63) is 59.7 Å². The Morgan fingerprint density at radius 1 is 0.565 bits per heavy atom. The molecule has 0 unspecified atom stereocenters. The zero-order valence-electron chi connectivity index (χ0n) is 27.0. The SMILES string of the molecule is CN(CCOCCOCCOCCOCCOCCOCCOCCOCCI)C(=O)OCC1c2ccccc2-c2ccccc21. The Bertz CT molecular complexity index is 1030. The third kappa shape index (κ3) is 15.3. The van der Waals surface area contributed by atoms with Gasteiger partial charge in [-0.3, -0.25) is 0 Å². The zero-order valence-corrected chi connectivity index (χ0v) is 29.2. The number of rotatable bonds is 28. The van der Waals surface area contributed by atoms with Crippen LogP contribution >= 0.6 is 22.6 Å². The number of ether oxygens (including phenoxy) is 9. The van der Waals surface area contributed by atoms with Crippen molar-refractivity contribution in [2.75, 3.05) is 130 Å². The second-order valence-corrected chi connectivity index (χ2v) is 11.4. The third-order valence-electron chi connectivity index (χ3n) is 7.04. The monoisotopic (exact) mass is 759 g/mol. The molecule has 0 spiro atoms. The van der Waals surface area contributed by atoms with Crippen LogP contribution in [0, 0.1) is 0 Å². The average Bonchev–Trinajstić information content (AvgIpc) is 3.40. The summed E-state index contributed by atoms with van der Waals surface area (Å²) in [6, 6.07) is 16.6. The number of alkyl halides is 1. The molecule has 12 heteroatoms. The Morgan fingerprint density at radius 2 is 0.913 bits per heavy atom. The number of halogens is 1. The van der Waals surface area contributed by atoms with Crippen LogP contribution in [0.3, 0.4) is 0 Å². The largest absolute Gasteiger partial charge is 0.448 e. The number of carbonyl (C=O) groups excluding carboxylic acids is 1. The molecule has 1 aliphatic carbocycles. The van der Waals surface area contributed by atoms with Crippen LogP contribution < -0.4 is 0 Å². The summed E-state index contributed by atoms with van der Waals surface area (Å²) in [5, 5.41) is 0.